The zero-order chi connectivity index (χ0) is 18.8. The number of nitrogens with zero attached hydrogens (tertiary/aromatic N) is 3. The highest BCUT2D eigenvalue weighted by Crippen LogP contribution is 2.27. The van der Waals surface area contributed by atoms with Crippen molar-refractivity contribution in [1.82, 2.24) is 19.7 Å². The molecule has 0 aliphatic heterocycles. The van der Waals surface area contributed by atoms with Crippen LogP contribution in [0.25, 0.3) is 16.5 Å². The van der Waals surface area contributed by atoms with Crippen LogP contribution in [-0.2, 0) is 17.6 Å². The Labute approximate surface area is 159 Å². The van der Waals surface area contributed by atoms with Crippen molar-refractivity contribution < 1.29 is 9.53 Å². The minimum Gasteiger partial charge on any atom is -0.450 e. The van der Waals surface area contributed by atoms with E-state index in [0.29, 0.717) is 11.5 Å². The quantitative estimate of drug-likeness (QED) is 0.718. The summed E-state index contributed by atoms with van der Waals surface area (Å²) in [5.41, 5.74) is 2.08. The van der Waals surface area contributed by atoms with E-state index >= 15 is 0 Å². The first-order chi connectivity index (χ1) is 13.2. The molecule has 0 aromatic carbocycles. The van der Waals surface area contributed by atoms with Crippen LogP contribution in [0.5, 0.6) is 0 Å². The molecule has 1 aliphatic rings. The molecule has 3 aromatic heterocycles. The standard InChI is InChI=1S/C18H19N5O3S/c1-2-26-18(25)20-15-10-13(14-8-5-9-27-14)22-23(15)17-19-12-7-4-3-6-11(12)16(24)21-17/h5,8-10H,2-4,6-7H2,1H3,(H,20,25)(H,19,21,24). The van der Waals surface area contributed by atoms with Gasteiger partial charge < -0.3 is 4.74 Å². The van der Waals surface area contributed by atoms with Gasteiger partial charge in [-0.3, -0.25) is 15.1 Å². The first-order valence-electron chi connectivity index (χ1n) is 8.86. The van der Waals surface area contributed by atoms with Crippen LogP contribution in [0.1, 0.15) is 31.0 Å². The number of rotatable bonds is 4. The van der Waals surface area contributed by atoms with Gasteiger partial charge in [0.2, 0.25) is 5.95 Å². The molecule has 0 fully saturated rings. The van der Waals surface area contributed by atoms with E-state index < -0.39 is 6.09 Å². The fourth-order valence-electron chi connectivity index (χ4n) is 3.14. The van der Waals surface area contributed by atoms with E-state index in [4.69, 9.17) is 4.74 Å². The van der Waals surface area contributed by atoms with E-state index in [1.807, 2.05) is 17.5 Å². The summed E-state index contributed by atoms with van der Waals surface area (Å²) in [6.07, 6.45) is 2.93. The number of aromatic nitrogens is 4. The van der Waals surface area contributed by atoms with Crippen LogP contribution in [-0.4, -0.2) is 32.4 Å². The second-order valence-corrected chi connectivity index (χ2v) is 7.12. The van der Waals surface area contributed by atoms with Crippen LogP contribution in [0.4, 0.5) is 10.6 Å². The van der Waals surface area contributed by atoms with Crippen LogP contribution in [0.3, 0.4) is 0 Å². The Morgan fingerprint density at radius 3 is 3.04 bits per heavy atom. The van der Waals surface area contributed by atoms with Crippen molar-refractivity contribution in [1.29, 1.82) is 0 Å². The van der Waals surface area contributed by atoms with Gasteiger partial charge in [0.15, 0.2) is 0 Å². The molecule has 1 aliphatic carbocycles. The molecule has 2 N–H and O–H groups in total. The Bertz CT molecular complexity index is 1020. The molecule has 0 radical (unpaired) electrons. The van der Waals surface area contributed by atoms with Crippen LogP contribution in [0, 0.1) is 0 Å². The number of carbonyl (C=O) groups is 1. The molecule has 0 saturated carbocycles. The van der Waals surface area contributed by atoms with Gasteiger partial charge in [-0.1, -0.05) is 6.07 Å². The van der Waals surface area contributed by atoms with Crippen LogP contribution >= 0.6 is 11.3 Å². The van der Waals surface area contributed by atoms with E-state index in [1.165, 1.54) is 16.0 Å². The Hall–Kier alpha value is -2.94. The summed E-state index contributed by atoms with van der Waals surface area (Å²) < 4.78 is 6.42. The van der Waals surface area contributed by atoms with E-state index in [9.17, 15) is 9.59 Å². The fourth-order valence-corrected chi connectivity index (χ4v) is 3.82. The van der Waals surface area contributed by atoms with Gasteiger partial charge >= 0.3 is 6.09 Å². The van der Waals surface area contributed by atoms with E-state index in [0.717, 1.165) is 41.8 Å². The molecule has 0 atom stereocenters. The van der Waals surface area contributed by atoms with Gasteiger partial charge in [-0.2, -0.15) is 9.78 Å². The van der Waals surface area contributed by atoms with Crippen LogP contribution in [0.15, 0.2) is 28.4 Å². The maximum atomic E-state index is 12.5. The van der Waals surface area contributed by atoms with Crippen molar-refractivity contribution in [3.63, 3.8) is 0 Å². The van der Waals surface area contributed by atoms with Crippen molar-refractivity contribution >= 4 is 23.2 Å². The Kier molecular flexibility index (Phi) is 4.76. The first-order valence-corrected chi connectivity index (χ1v) is 9.74. The minimum atomic E-state index is -0.586. The number of nitrogens with one attached hydrogen (secondary N) is 2. The van der Waals surface area contributed by atoms with Crippen molar-refractivity contribution in [3.8, 4) is 16.5 Å². The number of aromatic amines is 1. The second-order valence-electron chi connectivity index (χ2n) is 6.17. The van der Waals surface area contributed by atoms with Gasteiger partial charge in [-0.05, 0) is 44.1 Å². The average Bonchev–Trinajstić information content (AvgIpc) is 3.31. The number of hydrogen-bond donors (Lipinski definition) is 2. The molecular formula is C18H19N5O3S. The summed E-state index contributed by atoms with van der Waals surface area (Å²) in [5.74, 6) is 0.672. The van der Waals surface area contributed by atoms with Gasteiger partial charge in [-0.25, -0.2) is 9.78 Å². The third-order valence-corrected chi connectivity index (χ3v) is 5.26. The number of thiophene rings is 1. The fraction of sp³-hybridized carbons (Fsp3) is 0.333. The molecular weight excluding hydrogens is 366 g/mol. The SMILES string of the molecule is CCOC(=O)Nc1cc(-c2cccs2)nn1-c1nc2c(c(=O)[nH]1)CCCC2. The maximum Gasteiger partial charge on any atom is 0.412 e. The summed E-state index contributed by atoms with van der Waals surface area (Å²) >= 11 is 1.54. The van der Waals surface area contributed by atoms with Gasteiger partial charge in [-0.15, -0.1) is 11.3 Å². The third-order valence-electron chi connectivity index (χ3n) is 4.37. The monoisotopic (exact) mass is 385 g/mol. The highest BCUT2D eigenvalue weighted by molar-refractivity contribution is 7.13. The van der Waals surface area contributed by atoms with E-state index in [-0.39, 0.29) is 18.1 Å². The normalized spacial score (nSPS) is 13.2. The van der Waals surface area contributed by atoms with Gasteiger partial charge in [0.05, 0.1) is 17.2 Å². The predicted octanol–water partition coefficient (Wildman–Crippen LogP) is 3.13. The molecule has 3 heterocycles. The highest BCUT2D eigenvalue weighted by Gasteiger charge is 2.20. The molecule has 0 bridgehead atoms. The lowest BCUT2D eigenvalue weighted by atomic mass is 9.97. The summed E-state index contributed by atoms with van der Waals surface area (Å²) in [7, 11) is 0. The minimum absolute atomic E-state index is 0.148. The third kappa shape index (κ3) is 3.50. The summed E-state index contributed by atoms with van der Waals surface area (Å²) in [4.78, 5) is 32.8. The lowest BCUT2D eigenvalue weighted by molar-refractivity contribution is 0.167. The number of aryl methyl sites for hydroxylation is 1. The van der Waals surface area contributed by atoms with Gasteiger partial charge in [0, 0.05) is 11.6 Å². The summed E-state index contributed by atoms with van der Waals surface area (Å²) in [5, 5.41) is 9.17. The second kappa shape index (κ2) is 7.36. The molecule has 8 nitrogen and oxygen atoms in total. The number of H-pyrrole nitrogens is 1. The topological polar surface area (TPSA) is 102 Å². The first kappa shape index (κ1) is 17.5. The largest absolute Gasteiger partial charge is 0.450 e. The number of anilines is 1. The number of carbonyl (C=O) groups excluding carboxylic acids is 1. The smallest absolute Gasteiger partial charge is 0.412 e. The molecule has 0 spiro atoms. The molecule has 27 heavy (non-hydrogen) atoms. The molecule has 4 rings (SSSR count). The predicted molar refractivity (Wildman–Crippen MR) is 103 cm³/mol. The molecule has 9 heteroatoms. The zero-order valence-corrected chi connectivity index (χ0v) is 15.6. The van der Waals surface area contributed by atoms with Crippen molar-refractivity contribution in [2.24, 2.45) is 0 Å². The zero-order valence-electron chi connectivity index (χ0n) is 14.8. The van der Waals surface area contributed by atoms with Crippen LogP contribution < -0.4 is 10.9 Å². The highest BCUT2D eigenvalue weighted by atomic mass is 32.1. The Balaban J connectivity index is 1.80. The average molecular weight is 385 g/mol. The molecule has 140 valence electrons. The van der Waals surface area contributed by atoms with Crippen molar-refractivity contribution in [2.45, 2.75) is 32.6 Å². The molecule has 1 amide bonds. The number of fused-ring (bicyclic) bond motifs is 1. The number of hydrogen-bond acceptors (Lipinski definition) is 6. The van der Waals surface area contributed by atoms with Gasteiger partial charge in [0.25, 0.3) is 5.56 Å². The summed E-state index contributed by atoms with van der Waals surface area (Å²) in [6.45, 7) is 1.99. The lowest BCUT2D eigenvalue weighted by Crippen LogP contribution is -2.25. The molecule has 3 aromatic rings. The van der Waals surface area contributed by atoms with Crippen molar-refractivity contribution in [3.05, 3.63) is 45.2 Å². The number of ether oxygens (including phenoxy) is 1. The summed E-state index contributed by atoms with van der Waals surface area (Å²) in [6, 6.07) is 5.60. The van der Waals surface area contributed by atoms with Gasteiger partial charge in [0.1, 0.15) is 11.5 Å². The van der Waals surface area contributed by atoms with Crippen molar-refractivity contribution in [2.75, 3.05) is 11.9 Å². The van der Waals surface area contributed by atoms with E-state index in [1.54, 1.807) is 13.0 Å². The Morgan fingerprint density at radius 1 is 1.41 bits per heavy atom. The van der Waals surface area contributed by atoms with E-state index in [2.05, 4.69) is 20.4 Å². The molecule has 0 saturated heterocycles. The Morgan fingerprint density at radius 2 is 2.26 bits per heavy atom. The number of amides is 1. The molecule has 0 unspecified atom stereocenters. The van der Waals surface area contributed by atoms with Crippen LogP contribution in [0.2, 0.25) is 0 Å². The lowest BCUT2D eigenvalue weighted by Gasteiger charge is -2.15. The maximum absolute atomic E-state index is 12.5.